The highest BCUT2D eigenvalue weighted by Crippen LogP contribution is 2.28. The van der Waals surface area contributed by atoms with Gasteiger partial charge in [-0.25, -0.2) is 0 Å². The number of hydrogen-bond donors (Lipinski definition) is 2. The first-order chi connectivity index (χ1) is 7.00. The van der Waals surface area contributed by atoms with Crippen LogP contribution in [0, 0.1) is 0 Å². The molecule has 1 atom stereocenters. The second-order valence-electron chi connectivity index (χ2n) is 3.11. The van der Waals surface area contributed by atoms with Gasteiger partial charge in [-0.15, -0.1) is 0 Å². The zero-order valence-electron chi connectivity index (χ0n) is 8.24. The van der Waals surface area contributed by atoms with Crippen LogP contribution in [0.4, 0.5) is 0 Å². The third-order valence-electron chi connectivity index (χ3n) is 1.79. The molecule has 0 saturated carbocycles. The molecule has 0 aromatic heterocycles. The van der Waals surface area contributed by atoms with E-state index in [0.717, 1.165) is 4.47 Å². The molecule has 5 heteroatoms. The third-order valence-corrected chi connectivity index (χ3v) is 2.29. The predicted molar refractivity (Wildman–Crippen MR) is 59.5 cm³/mol. The lowest BCUT2D eigenvalue weighted by molar-refractivity contribution is -0.120. The van der Waals surface area contributed by atoms with Gasteiger partial charge < -0.3 is 15.6 Å². The van der Waals surface area contributed by atoms with Crippen LogP contribution in [0.3, 0.4) is 0 Å². The van der Waals surface area contributed by atoms with Crippen molar-refractivity contribution >= 4 is 21.8 Å². The van der Waals surface area contributed by atoms with Gasteiger partial charge in [0.15, 0.2) is 6.61 Å². The summed E-state index contributed by atoms with van der Waals surface area (Å²) in [5.74, 6) is -0.0820. The van der Waals surface area contributed by atoms with E-state index in [4.69, 9.17) is 10.5 Å². The molecular weight excluding hydrogens is 262 g/mol. The lowest BCUT2D eigenvalue weighted by Gasteiger charge is -2.12. The SMILES string of the molecule is C[C@H](O)c1cc(Br)ccc1OCC(N)=O. The summed E-state index contributed by atoms with van der Waals surface area (Å²) in [4.78, 5) is 10.5. The Morgan fingerprint density at radius 2 is 2.33 bits per heavy atom. The summed E-state index contributed by atoms with van der Waals surface area (Å²) in [6.07, 6.45) is -0.662. The molecule has 0 aliphatic heterocycles. The average molecular weight is 274 g/mol. The third kappa shape index (κ3) is 3.53. The Kier molecular flexibility index (Phi) is 4.11. The molecule has 0 unspecified atom stereocenters. The van der Waals surface area contributed by atoms with E-state index in [2.05, 4.69) is 15.9 Å². The topological polar surface area (TPSA) is 72.6 Å². The molecule has 4 nitrogen and oxygen atoms in total. The first kappa shape index (κ1) is 12.0. The summed E-state index contributed by atoms with van der Waals surface area (Å²) in [6.45, 7) is 1.43. The molecule has 0 heterocycles. The second-order valence-corrected chi connectivity index (χ2v) is 4.03. The molecule has 82 valence electrons. The van der Waals surface area contributed by atoms with E-state index in [9.17, 15) is 9.90 Å². The lowest BCUT2D eigenvalue weighted by atomic mass is 10.1. The molecule has 1 amide bonds. The number of aliphatic hydroxyl groups excluding tert-OH is 1. The summed E-state index contributed by atoms with van der Waals surface area (Å²) in [7, 11) is 0. The van der Waals surface area contributed by atoms with Crippen LogP contribution in [-0.4, -0.2) is 17.6 Å². The number of halogens is 1. The fourth-order valence-corrected chi connectivity index (χ4v) is 1.50. The Bertz CT molecular complexity index is 366. The van der Waals surface area contributed by atoms with Crippen LogP contribution in [0.15, 0.2) is 22.7 Å². The highest BCUT2D eigenvalue weighted by atomic mass is 79.9. The molecule has 0 radical (unpaired) electrons. The van der Waals surface area contributed by atoms with Gasteiger partial charge in [0.2, 0.25) is 0 Å². The van der Waals surface area contributed by atoms with Gasteiger partial charge >= 0.3 is 0 Å². The van der Waals surface area contributed by atoms with Crippen molar-refractivity contribution in [3.05, 3.63) is 28.2 Å². The molecule has 1 aromatic rings. The Morgan fingerprint density at radius 3 is 2.87 bits per heavy atom. The predicted octanol–water partition coefficient (Wildman–Crippen LogP) is 1.37. The minimum atomic E-state index is -0.662. The molecule has 0 spiro atoms. The minimum absolute atomic E-state index is 0.193. The molecule has 0 fully saturated rings. The van der Waals surface area contributed by atoms with Crippen molar-refractivity contribution in [2.24, 2.45) is 5.73 Å². The normalized spacial score (nSPS) is 12.2. The van der Waals surface area contributed by atoms with Crippen molar-refractivity contribution in [3.8, 4) is 5.75 Å². The van der Waals surface area contributed by atoms with Crippen LogP contribution in [0.1, 0.15) is 18.6 Å². The number of carbonyl (C=O) groups excluding carboxylic acids is 1. The van der Waals surface area contributed by atoms with Crippen molar-refractivity contribution in [1.82, 2.24) is 0 Å². The summed E-state index contributed by atoms with van der Waals surface area (Å²) in [5.41, 5.74) is 5.58. The van der Waals surface area contributed by atoms with Gasteiger partial charge in [-0.3, -0.25) is 4.79 Å². The Labute approximate surface area is 96.2 Å². The van der Waals surface area contributed by atoms with Gasteiger partial charge in [-0.1, -0.05) is 15.9 Å². The molecule has 0 aliphatic rings. The zero-order valence-corrected chi connectivity index (χ0v) is 9.82. The van der Waals surface area contributed by atoms with E-state index in [1.54, 1.807) is 25.1 Å². The quantitative estimate of drug-likeness (QED) is 0.870. The van der Waals surface area contributed by atoms with Crippen molar-refractivity contribution < 1.29 is 14.6 Å². The van der Waals surface area contributed by atoms with Gasteiger partial charge in [-0.2, -0.15) is 0 Å². The number of hydrogen-bond acceptors (Lipinski definition) is 3. The van der Waals surface area contributed by atoms with Crippen molar-refractivity contribution in [3.63, 3.8) is 0 Å². The Balaban J connectivity index is 2.90. The highest BCUT2D eigenvalue weighted by molar-refractivity contribution is 9.10. The number of primary amides is 1. The molecule has 15 heavy (non-hydrogen) atoms. The van der Waals surface area contributed by atoms with Crippen LogP contribution in [0.5, 0.6) is 5.75 Å². The van der Waals surface area contributed by atoms with Crippen LogP contribution in [0.25, 0.3) is 0 Å². The number of rotatable bonds is 4. The summed E-state index contributed by atoms with van der Waals surface area (Å²) in [5, 5.41) is 9.48. The summed E-state index contributed by atoms with van der Waals surface area (Å²) >= 11 is 3.29. The van der Waals surface area contributed by atoms with Crippen LogP contribution < -0.4 is 10.5 Å². The maximum Gasteiger partial charge on any atom is 0.255 e. The number of amides is 1. The largest absolute Gasteiger partial charge is 0.483 e. The number of nitrogens with two attached hydrogens (primary N) is 1. The van der Waals surface area contributed by atoms with E-state index in [1.807, 2.05) is 0 Å². The van der Waals surface area contributed by atoms with Crippen molar-refractivity contribution in [2.45, 2.75) is 13.0 Å². The van der Waals surface area contributed by atoms with Crippen LogP contribution >= 0.6 is 15.9 Å². The summed E-state index contributed by atoms with van der Waals surface area (Å²) < 4.78 is 6.00. The maximum absolute atomic E-state index is 10.5. The molecule has 0 bridgehead atoms. The molecule has 1 aromatic carbocycles. The monoisotopic (exact) mass is 273 g/mol. The average Bonchev–Trinajstić information content (AvgIpc) is 2.15. The van der Waals surface area contributed by atoms with Gasteiger partial charge in [0.1, 0.15) is 5.75 Å². The van der Waals surface area contributed by atoms with Gasteiger partial charge in [0.25, 0.3) is 5.91 Å². The minimum Gasteiger partial charge on any atom is -0.483 e. The standard InChI is InChI=1S/C10H12BrNO3/c1-6(13)8-4-7(11)2-3-9(8)15-5-10(12)14/h2-4,6,13H,5H2,1H3,(H2,12,14)/t6-/m0/s1. The molecule has 0 saturated heterocycles. The molecule has 3 N–H and O–H groups in total. The van der Waals surface area contributed by atoms with Gasteiger partial charge in [-0.05, 0) is 25.1 Å². The fourth-order valence-electron chi connectivity index (χ4n) is 1.13. The van der Waals surface area contributed by atoms with E-state index in [0.29, 0.717) is 11.3 Å². The number of aliphatic hydroxyl groups is 1. The van der Waals surface area contributed by atoms with Crippen LogP contribution in [-0.2, 0) is 4.79 Å². The lowest BCUT2D eigenvalue weighted by Crippen LogP contribution is -2.20. The highest BCUT2D eigenvalue weighted by Gasteiger charge is 2.10. The molecule has 1 rings (SSSR count). The second kappa shape index (κ2) is 5.14. The smallest absolute Gasteiger partial charge is 0.255 e. The van der Waals surface area contributed by atoms with Crippen molar-refractivity contribution in [1.29, 1.82) is 0 Å². The number of ether oxygens (including phenoxy) is 1. The van der Waals surface area contributed by atoms with E-state index in [1.165, 1.54) is 0 Å². The first-order valence-corrected chi connectivity index (χ1v) is 5.18. The van der Waals surface area contributed by atoms with E-state index in [-0.39, 0.29) is 6.61 Å². The first-order valence-electron chi connectivity index (χ1n) is 4.39. The number of carbonyl (C=O) groups is 1. The fraction of sp³-hybridized carbons (Fsp3) is 0.300. The van der Waals surface area contributed by atoms with Crippen molar-refractivity contribution in [2.75, 3.05) is 6.61 Å². The summed E-state index contributed by atoms with van der Waals surface area (Å²) in [6, 6.07) is 5.18. The van der Waals surface area contributed by atoms with Crippen LogP contribution in [0.2, 0.25) is 0 Å². The Hall–Kier alpha value is -1.07. The van der Waals surface area contributed by atoms with Gasteiger partial charge in [0, 0.05) is 10.0 Å². The maximum atomic E-state index is 10.5. The molecular formula is C10H12BrNO3. The van der Waals surface area contributed by atoms with Gasteiger partial charge in [0.05, 0.1) is 6.10 Å². The Morgan fingerprint density at radius 1 is 1.67 bits per heavy atom. The van der Waals surface area contributed by atoms with E-state index < -0.39 is 12.0 Å². The molecule has 0 aliphatic carbocycles. The van der Waals surface area contributed by atoms with E-state index >= 15 is 0 Å². The zero-order chi connectivity index (χ0) is 11.4. The number of benzene rings is 1.